The Labute approximate surface area is 304 Å². The van der Waals surface area contributed by atoms with Crippen molar-refractivity contribution in [1.82, 2.24) is 4.57 Å². The highest BCUT2D eigenvalue weighted by Crippen LogP contribution is 2.54. The molecule has 52 heavy (non-hydrogen) atoms. The second-order valence-corrected chi connectivity index (χ2v) is 14.7. The molecule has 0 bridgehead atoms. The summed E-state index contributed by atoms with van der Waals surface area (Å²) >= 11 is 0. The first-order chi connectivity index (χ1) is 25.5. The second-order valence-electron chi connectivity index (χ2n) is 14.7. The molecule has 0 atom stereocenters. The van der Waals surface area contributed by atoms with E-state index in [2.05, 4.69) is 206 Å². The Morgan fingerprint density at radius 2 is 1.04 bits per heavy atom. The maximum absolute atomic E-state index is 2.51. The van der Waals surface area contributed by atoms with Gasteiger partial charge in [-0.15, -0.1) is 0 Å². The molecule has 248 valence electrons. The predicted octanol–water partition coefficient (Wildman–Crippen LogP) is 13.7. The van der Waals surface area contributed by atoms with E-state index >= 15 is 0 Å². The van der Waals surface area contributed by atoms with Gasteiger partial charge in [-0.3, -0.25) is 0 Å². The number of aromatic nitrogens is 1. The van der Waals surface area contributed by atoms with Gasteiger partial charge in [-0.25, -0.2) is 0 Å². The summed E-state index contributed by atoms with van der Waals surface area (Å²) in [6.07, 6.45) is 0. The maximum Gasteiger partial charge on any atom is 0.0544 e. The minimum Gasteiger partial charge on any atom is -0.310 e. The van der Waals surface area contributed by atoms with Gasteiger partial charge < -0.3 is 9.47 Å². The fourth-order valence-corrected chi connectivity index (χ4v) is 8.68. The van der Waals surface area contributed by atoms with Crippen LogP contribution in [0, 0.1) is 6.92 Å². The molecule has 0 saturated heterocycles. The molecule has 1 aromatic heterocycles. The smallest absolute Gasteiger partial charge is 0.0544 e. The highest BCUT2D eigenvalue weighted by Gasteiger charge is 2.38. The predicted molar refractivity (Wildman–Crippen MR) is 221 cm³/mol. The molecule has 0 saturated carbocycles. The third-order valence-electron chi connectivity index (χ3n) is 11.2. The second kappa shape index (κ2) is 11.6. The molecule has 9 aromatic rings. The Balaban J connectivity index is 1.20. The fraction of sp³-hybridized carbons (Fsp3) is 0.0800. The first kappa shape index (κ1) is 30.4. The van der Waals surface area contributed by atoms with E-state index in [1.165, 1.54) is 77.2 Å². The average molecular weight is 667 g/mol. The lowest BCUT2D eigenvalue weighted by molar-refractivity contribution is 0.660. The van der Waals surface area contributed by atoms with Gasteiger partial charge >= 0.3 is 0 Å². The number of hydrogen-bond acceptors (Lipinski definition) is 1. The van der Waals surface area contributed by atoms with Crippen LogP contribution in [0.1, 0.15) is 30.5 Å². The van der Waals surface area contributed by atoms with Gasteiger partial charge in [-0.05, 0) is 112 Å². The van der Waals surface area contributed by atoms with Crippen molar-refractivity contribution >= 4 is 49.6 Å². The van der Waals surface area contributed by atoms with Gasteiger partial charge in [0.25, 0.3) is 0 Å². The Hall–Kier alpha value is -6.38. The zero-order chi connectivity index (χ0) is 35.0. The fourth-order valence-electron chi connectivity index (χ4n) is 8.68. The van der Waals surface area contributed by atoms with Gasteiger partial charge in [-0.2, -0.15) is 0 Å². The van der Waals surface area contributed by atoms with E-state index in [9.17, 15) is 0 Å². The highest BCUT2D eigenvalue weighted by molar-refractivity contribution is 6.13. The van der Waals surface area contributed by atoms with Crippen molar-refractivity contribution in [3.63, 3.8) is 0 Å². The van der Waals surface area contributed by atoms with Crippen LogP contribution in [0.15, 0.2) is 176 Å². The molecule has 0 amide bonds. The Bertz CT molecular complexity index is 2770. The summed E-state index contributed by atoms with van der Waals surface area (Å²) < 4.78 is 2.51. The lowest BCUT2D eigenvalue weighted by atomic mass is 9.81. The number of fused-ring (bicyclic) bond motifs is 8. The van der Waals surface area contributed by atoms with Crippen LogP contribution in [0.2, 0.25) is 0 Å². The van der Waals surface area contributed by atoms with Crippen LogP contribution in [-0.2, 0) is 5.41 Å². The SMILES string of the molecule is Cc1ccc2c(c1)c1cc(-c3ccccc3)ccc1n2-c1cc2c(c3ccccc13)-c1ccc(N(c3ccccc3)c3ccccc3)cc1C2(C)C. The lowest BCUT2D eigenvalue weighted by Gasteiger charge is -2.28. The molecule has 0 radical (unpaired) electrons. The highest BCUT2D eigenvalue weighted by atomic mass is 15.1. The van der Waals surface area contributed by atoms with Crippen molar-refractivity contribution in [3.8, 4) is 27.9 Å². The van der Waals surface area contributed by atoms with Crippen molar-refractivity contribution in [2.45, 2.75) is 26.2 Å². The first-order valence-corrected chi connectivity index (χ1v) is 18.2. The van der Waals surface area contributed by atoms with E-state index in [4.69, 9.17) is 0 Å². The number of para-hydroxylation sites is 2. The summed E-state index contributed by atoms with van der Waals surface area (Å²) in [5.41, 5.74) is 16.0. The van der Waals surface area contributed by atoms with Gasteiger partial charge in [0.2, 0.25) is 0 Å². The molecule has 0 unspecified atom stereocenters. The number of nitrogens with zero attached hydrogens (tertiary/aromatic N) is 2. The Morgan fingerprint density at radius 3 is 1.73 bits per heavy atom. The molecule has 2 heteroatoms. The molecule has 10 rings (SSSR count). The van der Waals surface area contributed by atoms with Crippen LogP contribution >= 0.6 is 0 Å². The topological polar surface area (TPSA) is 8.17 Å². The van der Waals surface area contributed by atoms with Crippen LogP contribution in [0.4, 0.5) is 17.1 Å². The van der Waals surface area contributed by atoms with Gasteiger partial charge in [0.15, 0.2) is 0 Å². The van der Waals surface area contributed by atoms with Crippen molar-refractivity contribution in [1.29, 1.82) is 0 Å². The third kappa shape index (κ3) is 4.57. The third-order valence-corrected chi connectivity index (χ3v) is 11.2. The summed E-state index contributed by atoms with van der Waals surface area (Å²) in [4.78, 5) is 2.37. The van der Waals surface area contributed by atoms with Gasteiger partial charge in [0.1, 0.15) is 0 Å². The van der Waals surface area contributed by atoms with Crippen LogP contribution in [0.5, 0.6) is 0 Å². The standard InChI is InChI=1S/C50H38N2/c1-33-23-27-46-42(29-33)43-30-35(34-15-7-4-8-16-34)24-28-47(43)52(46)48-32-45-49(40-22-14-13-21-39(40)48)41-26-25-38(31-44(41)50(45,2)3)51(36-17-9-5-10-18-36)37-19-11-6-12-20-37/h4-32H,1-3H3. The van der Waals surface area contributed by atoms with Crippen LogP contribution in [0.3, 0.4) is 0 Å². The molecule has 0 spiro atoms. The normalized spacial score (nSPS) is 13.1. The number of benzene rings is 8. The van der Waals surface area contributed by atoms with Gasteiger partial charge in [0.05, 0.1) is 16.7 Å². The number of aryl methyl sites for hydroxylation is 1. The monoisotopic (exact) mass is 666 g/mol. The molecular weight excluding hydrogens is 629 g/mol. The number of anilines is 3. The van der Waals surface area contributed by atoms with E-state index in [0.717, 1.165) is 17.1 Å². The molecular formula is C50H38N2. The van der Waals surface area contributed by atoms with Crippen LogP contribution in [-0.4, -0.2) is 4.57 Å². The molecule has 1 aliphatic carbocycles. The van der Waals surface area contributed by atoms with E-state index in [-0.39, 0.29) is 5.41 Å². The van der Waals surface area contributed by atoms with Crippen molar-refractivity contribution < 1.29 is 0 Å². The van der Waals surface area contributed by atoms with Gasteiger partial charge in [0, 0.05) is 38.6 Å². The number of hydrogen-bond donors (Lipinski definition) is 0. The zero-order valence-electron chi connectivity index (χ0n) is 29.6. The van der Waals surface area contributed by atoms with E-state index < -0.39 is 0 Å². The molecule has 0 fully saturated rings. The van der Waals surface area contributed by atoms with E-state index in [0.29, 0.717) is 0 Å². The van der Waals surface area contributed by atoms with E-state index in [1.807, 2.05) is 0 Å². The summed E-state index contributed by atoms with van der Waals surface area (Å²) in [6, 6.07) is 64.6. The van der Waals surface area contributed by atoms with Crippen LogP contribution in [0.25, 0.3) is 60.5 Å². The maximum atomic E-state index is 2.51. The minimum atomic E-state index is -0.228. The zero-order valence-corrected chi connectivity index (χ0v) is 29.6. The summed E-state index contributed by atoms with van der Waals surface area (Å²) in [6.45, 7) is 6.99. The Morgan fingerprint density at radius 1 is 0.442 bits per heavy atom. The summed E-state index contributed by atoms with van der Waals surface area (Å²) in [5, 5.41) is 5.11. The van der Waals surface area contributed by atoms with Crippen molar-refractivity contribution in [2.75, 3.05) is 4.90 Å². The Kier molecular flexibility index (Phi) is 6.78. The lowest BCUT2D eigenvalue weighted by Crippen LogP contribution is -2.17. The largest absolute Gasteiger partial charge is 0.310 e. The molecule has 0 N–H and O–H groups in total. The average Bonchev–Trinajstić information content (AvgIpc) is 3.62. The quantitative estimate of drug-likeness (QED) is 0.177. The number of rotatable bonds is 5. The summed E-state index contributed by atoms with van der Waals surface area (Å²) in [5.74, 6) is 0. The van der Waals surface area contributed by atoms with Crippen LogP contribution < -0.4 is 4.90 Å². The molecule has 0 aliphatic heterocycles. The molecule has 8 aromatic carbocycles. The first-order valence-electron chi connectivity index (χ1n) is 18.2. The minimum absolute atomic E-state index is 0.228. The van der Waals surface area contributed by atoms with Gasteiger partial charge in [-0.1, -0.05) is 129 Å². The van der Waals surface area contributed by atoms with Crippen molar-refractivity contribution in [3.05, 3.63) is 193 Å². The molecule has 2 nitrogen and oxygen atoms in total. The molecule has 1 heterocycles. The van der Waals surface area contributed by atoms with E-state index in [1.54, 1.807) is 0 Å². The summed E-state index contributed by atoms with van der Waals surface area (Å²) in [7, 11) is 0. The molecule has 1 aliphatic rings. The van der Waals surface area contributed by atoms with Crippen molar-refractivity contribution in [2.24, 2.45) is 0 Å².